The third-order valence-corrected chi connectivity index (χ3v) is 5.47. The standard InChI is InChI=1S/C20H20FN5O2S/c21-15-3-1-14(2-4-15)20-25-16(12-29-20)5-6-22-19(27)17-11-18(24-13-23-17)26-7-9-28-10-8-26/h1-4,11-13H,5-10H2,(H,22,27). The van der Waals surface area contributed by atoms with Crippen molar-refractivity contribution in [3.05, 3.63) is 59.2 Å². The first-order valence-corrected chi connectivity index (χ1v) is 10.2. The van der Waals surface area contributed by atoms with Crippen molar-refractivity contribution < 1.29 is 13.9 Å². The number of morpholine rings is 1. The molecule has 0 unspecified atom stereocenters. The van der Waals surface area contributed by atoms with Gasteiger partial charge in [0.2, 0.25) is 0 Å². The Hall–Kier alpha value is -2.91. The maximum Gasteiger partial charge on any atom is 0.270 e. The van der Waals surface area contributed by atoms with E-state index in [1.165, 1.54) is 29.8 Å². The summed E-state index contributed by atoms with van der Waals surface area (Å²) in [5.41, 5.74) is 2.10. The van der Waals surface area contributed by atoms with Crippen molar-refractivity contribution in [1.82, 2.24) is 20.3 Å². The molecule has 4 rings (SSSR count). The number of halogens is 1. The molecule has 3 heterocycles. The van der Waals surface area contributed by atoms with E-state index in [0.29, 0.717) is 31.9 Å². The Morgan fingerprint density at radius 2 is 2.00 bits per heavy atom. The summed E-state index contributed by atoms with van der Waals surface area (Å²) in [6.45, 7) is 3.25. The molecule has 0 radical (unpaired) electrons. The number of nitrogens with one attached hydrogen (secondary N) is 1. The molecule has 1 amide bonds. The van der Waals surface area contributed by atoms with Crippen LogP contribution in [0.4, 0.5) is 10.2 Å². The lowest BCUT2D eigenvalue weighted by molar-refractivity contribution is 0.0949. The quantitative estimate of drug-likeness (QED) is 0.669. The fraction of sp³-hybridized carbons (Fsp3) is 0.300. The molecule has 0 atom stereocenters. The lowest BCUT2D eigenvalue weighted by atomic mass is 10.2. The first-order valence-electron chi connectivity index (χ1n) is 9.32. The van der Waals surface area contributed by atoms with Crippen LogP contribution in [0.1, 0.15) is 16.2 Å². The lowest BCUT2D eigenvalue weighted by Crippen LogP contribution is -2.37. The van der Waals surface area contributed by atoms with Crippen LogP contribution < -0.4 is 10.2 Å². The largest absolute Gasteiger partial charge is 0.378 e. The lowest BCUT2D eigenvalue weighted by Gasteiger charge is -2.27. The average Bonchev–Trinajstić information content (AvgIpc) is 3.24. The van der Waals surface area contributed by atoms with E-state index < -0.39 is 0 Å². The maximum absolute atomic E-state index is 13.0. The molecular formula is C20H20FN5O2S. The van der Waals surface area contributed by atoms with Gasteiger partial charge in [-0.2, -0.15) is 0 Å². The Kier molecular flexibility index (Phi) is 6.06. The van der Waals surface area contributed by atoms with Crippen LogP contribution in [0.15, 0.2) is 42.0 Å². The number of carbonyl (C=O) groups excluding carboxylic acids is 1. The van der Waals surface area contributed by atoms with Gasteiger partial charge in [-0.05, 0) is 24.3 Å². The highest BCUT2D eigenvalue weighted by molar-refractivity contribution is 7.13. The van der Waals surface area contributed by atoms with E-state index in [1.54, 1.807) is 18.2 Å². The van der Waals surface area contributed by atoms with Gasteiger partial charge in [-0.1, -0.05) is 0 Å². The minimum Gasteiger partial charge on any atom is -0.378 e. The third-order valence-electron chi connectivity index (χ3n) is 4.53. The molecule has 7 nitrogen and oxygen atoms in total. The number of nitrogens with zero attached hydrogens (tertiary/aromatic N) is 4. The molecule has 9 heteroatoms. The number of anilines is 1. The number of hydrogen-bond acceptors (Lipinski definition) is 7. The smallest absolute Gasteiger partial charge is 0.270 e. The molecule has 150 valence electrons. The van der Waals surface area contributed by atoms with Gasteiger partial charge in [-0.3, -0.25) is 4.79 Å². The van der Waals surface area contributed by atoms with Crippen LogP contribution in [0.25, 0.3) is 10.6 Å². The minimum absolute atomic E-state index is 0.240. The monoisotopic (exact) mass is 413 g/mol. The van der Waals surface area contributed by atoms with E-state index in [1.807, 2.05) is 5.38 Å². The third kappa shape index (κ3) is 4.93. The molecule has 1 aliphatic heterocycles. The van der Waals surface area contributed by atoms with Gasteiger partial charge >= 0.3 is 0 Å². The van der Waals surface area contributed by atoms with E-state index in [4.69, 9.17) is 4.74 Å². The molecule has 0 spiro atoms. The summed E-state index contributed by atoms with van der Waals surface area (Å²) in [5.74, 6) is 0.225. The summed E-state index contributed by atoms with van der Waals surface area (Å²) in [6, 6.07) is 7.96. The summed E-state index contributed by atoms with van der Waals surface area (Å²) in [5, 5.41) is 5.66. The highest BCUT2D eigenvalue weighted by atomic mass is 32.1. The second kappa shape index (κ2) is 9.06. The van der Waals surface area contributed by atoms with Gasteiger partial charge in [0.1, 0.15) is 28.7 Å². The van der Waals surface area contributed by atoms with Crippen molar-refractivity contribution in [2.24, 2.45) is 0 Å². The molecule has 1 saturated heterocycles. The number of benzene rings is 1. The predicted molar refractivity (Wildman–Crippen MR) is 109 cm³/mol. The minimum atomic E-state index is -0.269. The zero-order chi connectivity index (χ0) is 20.1. The Balaban J connectivity index is 1.32. The fourth-order valence-corrected chi connectivity index (χ4v) is 3.84. The van der Waals surface area contributed by atoms with Crippen LogP contribution in [0, 0.1) is 5.82 Å². The molecule has 3 aromatic rings. The van der Waals surface area contributed by atoms with Crippen LogP contribution >= 0.6 is 11.3 Å². The average molecular weight is 413 g/mol. The summed E-state index contributed by atoms with van der Waals surface area (Å²) in [4.78, 5) is 27.4. The summed E-state index contributed by atoms with van der Waals surface area (Å²) >= 11 is 1.50. The van der Waals surface area contributed by atoms with Crippen LogP contribution in [0.5, 0.6) is 0 Å². The normalized spacial score (nSPS) is 14.0. The topological polar surface area (TPSA) is 80.2 Å². The van der Waals surface area contributed by atoms with E-state index in [9.17, 15) is 9.18 Å². The summed E-state index contributed by atoms with van der Waals surface area (Å²) in [6.07, 6.45) is 2.01. The highest BCUT2D eigenvalue weighted by Crippen LogP contribution is 2.24. The Labute approximate surface area is 171 Å². The molecule has 0 bridgehead atoms. The first-order chi connectivity index (χ1) is 14.2. The predicted octanol–water partition coefficient (Wildman–Crippen LogP) is 2.55. The van der Waals surface area contributed by atoms with Gasteiger partial charge in [0.25, 0.3) is 5.91 Å². The van der Waals surface area contributed by atoms with Gasteiger partial charge in [-0.25, -0.2) is 19.3 Å². The Morgan fingerprint density at radius 1 is 1.21 bits per heavy atom. The van der Waals surface area contributed by atoms with Crippen LogP contribution in [-0.4, -0.2) is 53.7 Å². The molecule has 1 aliphatic rings. The number of ether oxygens (including phenoxy) is 1. The summed E-state index contributed by atoms with van der Waals surface area (Å²) in [7, 11) is 0. The maximum atomic E-state index is 13.0. The van der Waals surface area contributed by atoms with Gasteiger partial charge in [0, 0.05) is 43.1 Å². The number of hydrogen-bond donors (Lipinski definition) is 1. The second-order valence-corrected chi connectivity index (χ2v) is 7.38. The van der Waals surface area contributed by atoms with Crippen molar-refractivity contribution in [3.8, 4) is 10.6 Å². The van der Waals surface area contributed by atoms with Gasteiger partial charge in [-0.15, -0.1) is 11.3 Å². The van der Waals surface area contributed by atoms with Crippen molar-refractivity contribution in [2.45, 2.75) is 6.42 Å². The van der Waals surface area contributed by atoms with Gasteiger partial charge in [0.15, 0.2) is 0 Å². The summed E-state index contributed by atoms with van der Waals surface area (Å²) < 4.78 is 18.4. The number of rotatable bonds is 6. The van der Waals surface area contributed by atoms with Gasteiger partial charge < -0.3 is 15.0 Å². The molecule has 1 fully saturated rings. The number of thiazole rings is 1. The van der Waals surface area contributed by atoms with E-state index in [2.05, 4.69) is 25.2 Å². The van der Waals surface area contributed by atoms with E-state index >= 15 is 0 Å². The Bertz CT molecular complexity index is 973. The zero-order valence-electron chi connectivity index (χ0n) is 15.7. The molecular weight excluding hydrogens is 393 g/mol. The SMILES string of the molecule is O=C(NCCc1csc(-c2ccc(F)cc2)n1)c1cc(N2CCOCC2)ncn1. The highest BCUT2D eigenvalue weighted by Gasteiger charge is 2.15. The molecule has 1 N–H and O–H groups in total. The van der Waals surface area contributed by atoms with Crippen LogP contribution in [0.2, 0.25) is 0 Å². The fourth-order valence-electron chi connectivity index (χ4n) is 2.98. The van der Waals surface area contributed by atoms with Crippen molar-refractivity contribution >= 4 is 23.1 Å². The Morgan fingerprint density at radius 3 is 2.79 bits per heavy atom. The number of aromatic nitrogens is 3. The molecule has 0 aliphatic carbocycles. The molecule has 29 heavy (non-hydrogen) atoms. The van der Waals surface area contributed by atoms with Crippen molar-refractivity contribution in [3.63, 3.8) is 0 Å². The van der Waals surface area contributed by atoms with E-state index in [0.717, 1.165) is 35.2 Å². The van der Waals surface area contributed by atoms with Gasteiger partial charge in [0.05, 0.1) is 18.9 Å². The molecule has 0 saturated carbocycles. The van der Waals surface area contributed by atoms with Crippen LogP contribution in [0.3, 0.4) is 0 Å². The van der Waals surface area contributed by atoms with Crippen molar-refractivity contribution in [2.75, 3.05) is 37.7 Å². The first kappa shape index (κ1) is 19.4. The number of carbonyl (C=O) groups is 1. The molecule has 1 aromatic carbocycles. The zero-order valence-corrected chi connectivity index (χ0v) is 16.5. The van der Waals surface area contributed by atoms with E-state index in [-0.39, 0.29) is 11.7 Å². The number of amides is 1. The second-order valence-electron chi connectivity index (χ2n) is 6.52. The van der Waals surface area contributed by atoms with Crippen molar-refractivity contribution in [1.29, 1.82) is 0 Å². The van der Waals surface area contributed by atoms with Crippen LogP contribution in [-0.2, 0) is 11.2 Å². The molecule has 2 aromatic heterocycles.